The number of hydrogen-bond acceptors (Lipinski definition) is 4. The van der Waals surface area contributed by atoms with Crippen LogP contribution in [0.25, 0.3) is 0 Å². The highest BCUT2D eigenvalue weighted by molar-refractivity contribution is 5.54. The first kappa shape index (κ1) is 12.7. The predicted molar refractivity (Wildman–Crippen MR) is 76.3 cm³/mol. The Balaban J connectivity index is 1.73. The summed E-state index contributed by atoms with van der Waals surface area (Å²) in [4.78, 5) is 8.65. The van der Waals surface area contributed by atoms with Crippen LogP contribution in [0.15, 0.2) is 24.8 Å². The average Bonchev–Trinajstić information content (AvgIpc) is 3.00. The second-order valence-corrected chi connectivity index (χ2v) is 5.04. The number of aryl methyl sites for hydroxylation is 2. The summed E-state index contributed by atoms with van der Waals surface area (Å²) in [5, 5.41) is 12.5. The van der Waals surface area contributed by atoms with Crippen molar-refractivity contribution in [2.45, 2.75) is 32.2 Å². The minimum Gasteiger partial charge on any atom is -0.367 e. The zero-order chi connectivity index (χ0) is 13.8. The molecule has 2 aromatic rings. The Hall–Kier alpha value is -2.35. The van der Waals surface area contributed by atoms with Gasteiger partial charge in [0.05, 0.1) is 11.9 Å². The van der Waals surface area contributed by atoms with E-state index in [0.29, 0.717) is 11.4 Å². The number of nitriles is 1. The van der Waals surface area contributed by atoms with Gasteiger partial charge in [-0.1, -0.05) is 0 Å². The van der Waals surface area contributed by atoms with Crippen molar-refractivity contribution < 1.29 is 0 Å². The third kappa shape index (κ3) is 2.64. The minimum absolute atomic E-state index is 0.649. The molecule has 0 fully saturated rings. The summed E-state index contributed by atoms with van der Waals surface area (Å²) >= 11 is 0. The largest absolute Gasteiger partial charge is 0.367 e. The van der Waals surface area contributed by atoms with Gasteiger partial charge in [-0.2, -0.15) is 5.26 Å². The van der Waals surface area contributed by atoms with E-state index in [1.165, 1.54) is 18.4 Å². The van der Waals surface area contributed by atoms with Gasteiger partial charge in [0.1, 0.15) is 11.9 Å². The van der Waals surface area contributed by atoms with E-state index in [4.69, 9.17) is 0 Å². The van der Waals surface area contributed by atoms with E-state index in [2.05, 4.69) is 21.4 Å². The Labute approximate surface area is 118 Å². The van der Waals surface area contributed by atoms with Crippen molar-refractivity contribution in [2.24, 2.45) is 0 Å². The molecule has 0 unspecified atom stereocenters. The number of nitrogens with one attached hydrogen (secondary N) is 1. The molecule has 0 aromatic carbocycles. The van der Waals surface area contributed by atoms with Gasteiger partial charge >= 0.3 is 0 Å². The molecular weight excluding hydrogens is 250 g/mol. The van der Waals surface area contributed by atoms with Crippen LogP contribution < -0.4 is 5.32 Å². The van der Waals surface area contributed by atoms with Crippen LogP contribution in [0, 0.1) is 11.3 Å². The number of nitrogens with zero attached hydrogens (tertiary/aromatic N) is 4. The standard InChI is InChI=1S/C15H17N5/c16-10-13-9-12-3-1-2-4-14(12)19-15(13)18-6-8-20-7-5-17-11-20/h5,7,9,11H,1-4,6,8H2,(H,18,19). The summed E-state index contributed by atoms with van der Waals surface area (Å²) < 4.78 is 2.00. The maximum absolute atomic E-state index is 9.26. The van der Waals surface area contributed by atoms with Crippen molar-refractivity contribution in [3.8, 4) is 6.07 Å². The van der Waals surface area contributed by atoms with Crippen molar-refractivity contribution in [1.29, 1.82) is 5.26 Å². The van der Waals surface area contributed by atoms with E-state index in [-0.39, 0.29) is 0 Å². The molecule has 0 spiro atoms. The molecule has 1 aliphatic carbocycles. The van der Waals surface area contributed by atoms with E-state index < -0.39 is 0 Å². The molecule has 0 bridgehead atoms. The lowest BCUT2D eigenvalue weighted by Crippen LogP contribution is -2.14. The van der Waals surface area contributed by atoms with Crippen LogP contribution in [0.1, 0.15) is 29.7 Å². The van der Waals surface area contributed by atoms with Gasteiger partial charge in [0, 0.05) is 31.2 Å². The lowest BCUT2D eigenvalue weighted by atomic mass is 9.95. The normalized spacial score (nSPS) is 13.6. The Morgan fingerprint density at radius 2 is 2.25 bits per heavy atom. The first-order chi connectivity index (χ1) is 9.86. The minimum atomic E-state index is 0.649. The molecule has 0 saturated carbocycles. The molecule has 102 valence electrons. The Morgan fingerprint density at radius 1 is 1.35 bits per heavy atom. The maximum Gasteiger partial charge on any atom is 0.144 e. The van der Waals surface area contributed by atoms with Crippen LogP contribution in [-0.2, 0) is 19.4 Å². The van der Waals surface area contributed by atoms with Crippen LogP contribution in [0.5, 0.6) is 0 Å². The number of aromatic nitrogens is 3. The molecule has 0 amide bonds. The molecule has 0 saturated heterocycles. The van der Waals surface area contributed by atoms with Gasteiger partial charge in [-0.3, -0.25) is 0 Å². The van der Waals surface area contributed by atoms with E-state index in [1.54, 1.807) is 12.5 Å². The lowest BCUT2D eigenvalue weighted by Gasteiger charge is -2.17. The number of anilines is 1. The molecule has 1 N–H and O–H groups in total. The summed E-state index contributed by atoms with van der Waals surface area (Å²) in [6.07, 6.45) is 9.94. The van der Waals surface area contributed by atoms with Gasteiger partial charge in [0.2, 0.25) is 0 Å². The predicted octanol–water partition coefficient (Wildman–Crippen LogP) is 2.14. The Bertz CT molecular complexity index is 624. The number of rotatable bonds is 4. The van der Waals surface area contributed by atoms with Gasteiger partial charge in [-0.15, -0.1) is 0 Å². The third-order valence-corrected chi connectivity index (χ3v) is 3.64. The molecule has 5 heteroatoms. The summed E-state index contributed by atoms with van der Waals surface area (Å²) in [5.41, 5.74) is 3.05. The fourth-order valence-corrected chi connectivity index (χ4v) is 2.58. The van der Waals surface area contributed by atoms with E-state index >= 15 is 0 Å². The second kappa shape index (κ2) is 5.74. The van der Waals surface area contributed by atoms with E-state index in [1.807, 2.05) is 16.8 Å². The lowest BCUT2D eigenvalue weighted by molar-refractivity contribution is 0.666. The van der Waals surface area contributed by atoms with Crippen molar-refractivity contribution in [3.63, 3.8) is 0 Å². The van der Waals surface area contributed by atoms with Crippen molar-refractivity contribution in [3.05, 3.63) is 41.6 Å². The highest BCUT2D eigenvalue weighted by Crippen LogP contribution is 2.24. The first-order valence-electron chi connectivity index (χ1n) is 6.99. The highest BCUT2D eigenvalue weighted by atomic mass is 15.1. The smallest absolute Gasteiger partial charge is 0.144 e. The van der Waals surface area contributed by atoms with Crippen LogP contribution in [0.2, 0.25) is 0 Å². The fraction of sp³-hybridized carbons (Fsp3) is 0.400. The SMILES string of the molecule is N#Cc1cc2c(nc1NCCn1ccnc1)CCCC2. The van der Waals surface area contributed by atoms with Crippen LogP contribution in [0.3, 0.4) is 0 Å². The van der Waals surface area contributed by atoms with Crippen molar-refractivity contribution in [1.82, 2.24) is 14.5 Å². The van der Waals surface area contributed by atoms with Crippen molar-refractivity contribution >= 4 is 5.82 Å². The van der Waals surface area contributed by atoms with Gasteiger partial charge in [-0.25, -0.2) is 9.97 Å². The quantitative estimate of drug-likeness (QED) is 0.921. The molecule has 2 aromatic heterocycles. The number of imidazole rings is 1. The Morgan fingerprint density at radius 3 is 3.05 bits per heavy atom. The molecule has 2 heterocycles. The number of fused-ring (bicyclic) bond motifs is 1. The van der Waals surface area contributed by atoms with Gasteiger partial charge < -0.3 is 9.88 Å². The van der Waals surface area contributed by atoms with Crippen LogP contribution >= 0.6 is 0 Å². The van der Waals surface area contributed by atoms with E-state index in [9.17, 15) is 5.26 Å². The number of hydrogen-bond donors (Lipinski definition) is 1. The summed E-state index contributed by atoms with van der Waals surface area (Å²) in [5.74, 6) is 0.716. The molecule has 20 heavy (non-hydrogen) atoms. The first-order valence-corrected chi connectivity index (χ1v) is 6.99. The molecule has 1 aliphatic rings. The van der Waals surface area contributed by atoms with Crippen LogP contribution in [-0.4, -0.2) is 21.1 Å². The number of pyridine rings is 1. The average molecular weight is 267 g/mol. The summed E-state index contributed by atoms with van der Waals surface area (Å²) in [6, 6.07) is 4.25. The van der Waals surface area contributed by atoms with Gasteiger partial charge in [0.15, 0.2) is 0 Å². The Kier molecular flexibility index (Phi) is 3.64. The zero-order valence-electron chi connectivity index (χ0n) is 11.3. The van der Waals surface area contributed by atoms with Crippen LogP contribution in [0.4, 0.5) is 5.82 Å². The fourth-order valence-electron chi connectivity index (χ4n) is 2.58. The molecular formula is C15H17N5. The highest BCUT2D eigenvalue weighted by Gasteiger charge is 2.14. The third-order valence-electron chi connectivity index (χ3n) is 3.64. The molecule has 0 aliphatic heterocycles. The summed E-state index contributed by atoms with van der Waals surface area (Å²) in [6.45, 7) is 1.54. The molecule has 5 nitrogen and oxygen atoms in total. The van der Waals surface area contributed by atoms with Crippen molar-refractivity contribution in [2.75, 3.05) is 11.9 Å². The molecule has 0 atom stereocenters. The van der Waals surface area contributed by atoms with Gasteiger partial charge in [0.25, 0.3) is 0 Å². The maximum atomic E-state index is 9.26. The van der Waals surface area contributed by atoms with Gasteiger partial charge in [-0.05, 0) is 37.3 Å². The zero-order valence-corrected chi connectivity index (χ0v) is 11.3. The topological polar surface area (TPSA) is 66.5 Å². The molecule has 0 radical (unpaired) electrons. The van der Waals surface area contributed by atoms with E-state index in [0.717, 1.165) is 31.6 Å². The monoisotopic (exact) mass is 267 g/mol. The second-order valence-electron chi connectivity index (χ2n) is 5.04. The molecule has 3 rings (SSSR count). The summed E-state index contributed by atoms with van der Waals surface area (Å²) in [7, 11) is 0.